The van der Waals surface area contributed by atoms with E-state index in [1.54, 1.807) is 18.2 Å². The third-order valence-corrected chi connectivity index (χ3v) is 8.11. The van der Waals surface area contributed by atoms with Crippen LogP contribution in [-0.4, -0.2) is 40.4 Å². The molecule has 202 valence electrons. The summed E-state index contributed by atoms with van der Waals surface area (Å²) in [6.07, 6.45) is 8.10. The average Bonchev–Trinajstić information content (AvgIpc) is 2.92. The molecular formula is C26H25ClFN7O3S. The number of benzene rings is 2. The summed E-state index contributed by atoms with van der Waals surface area (Å²) >= 11 is 6.01. The Morgan fingerprint density at radius 3 is 2.59 bits per heavy atom. The Labute approximate surface area is 229 Å². The van der Waals surface area contributed by atoms with Crippen LogP contribution in [0.4, 0.5) is 16.0 Å². The Morgan fingerprint density at radius 1 is 1.03 bits per heavy atom. The van der Waals surface area contributed by atoms with Gasteiger partial charge in [-0.25, -0.2) is 22.8 Å². The van der Waals surface area contributed by atoms with Crippen molar-refractivity contribution >= 4 is 33.3 Å². The quantitative estimate of drug-likeness (QED) is 0.267. The van der Waals surface area contributed by atoms with Crippen molar-refractivity contribution in [2.45, 2.75) is 42.7 Å². The smallest absolute Gasteiger partial charge is 0.263 e. The molecule has 0 unspecified atom stereocenters. The second-order valence-corrected chi connectivity index (χ2v) is 11.1. The van der Waals surface area contributed by atoms with Crippen molar-refractivity contribution in [2.75, 3.05) is 10.0 Å². The van der Waals surface area contributed by atoms with Crippen molar-refractivity contribution < 1.29 is 17.5 Å². The number of nitrogens with two attached hydrogens (primary N) is 1. The number of nitrogens with one attached hydrogen (secondary N) is 2. The number of nitrogens with zero attached hydrogens (tertiary/aromatic N) is 4. The molecule has 0 spiro atoms. The first-order chi connectivity index (χ1) is 18.8. The lowest BCUT2D eigenvalue weighted by molar-refractivity contribution is 0.410. The van der Waals surface area contributed by atoms with Crippen molar-refractivity contribution in [1.82, 2.24) is 19.9 Å². The number of aromatic nitrogens is 4. The maximum atomic E-state index is 15.0. The van der Waals surface area contributed by atoms with Crippen LogP contribution in [0.25, 0.3) is 11.4 Å². The van der Waals surface area contributed by atoms with E-state index in [9.17, 15) is 8.42 Å². The number of sulfonamides is 1. The first-order valence-electron chi connectivity index (χ1n) is 12.2. The van der Waals surface area contributed by atoms with E-state index >= 15 is 4.39 Å². The maximum absolute atomic E-state index is 15.0. The zero-order chi connectivity index (χ0) is 27.4. The van der Waals surface area contributed by atoms with Gasteiger partial charge in [-0.15, -0.1) is 0 Å². The van der Waals surface area contributed by atoms with Crippen LogP contribution >= 0.6 is 11.6 Å². The van der Waals surface area contributed by atoms with Crippen molar-refractivity contribution in [3.63, 3.8) is 0 Å². The number of anilines is 2. The van der Waals surface area contributed by atoms with Gasteiger partial charge in [-0.2, -0.15) is 4.98 Å². The minimum Gasteiger partial charge on any atom is -0.453 e. The minimum absolute atomic E-state index is 0.00609. The summed E-state index contributed by atoms with van der Waals surface area (Å²) in [5.74, 6) is 0.0538. The molecule has 4 N–H and O–H groups in total. The molecule has 4 aromatic rings. The number of hydrogen-bond donors (Lipinski definition) is 3. The van der Waals surface area contributed by atoms with Gasteiger partial charge in [0.25, 0.3) is 10.0 Å². The SMILES string of the molecule is NC1CCC(Nc2ncnc(-c3cnccc3Oc3ccc(NS(=O)(=O)c4ccccc4Cl)cc3F)n2)CC1. The molecule has 1 saturated carbocycles. The van der Waals surface area contributed by atoms with E-state index in [2.05, 4.69) is 30.0 Å². The van der Waals surface area contributed by atoms with Gasteiger partial charge in [0.2, 0.25) is 5.95 Å². The molecule has 2 heterocycles. The van der Waals surface area contributed by atoms with E-state index in [4.69, 9.17) is 22.1 Å². The molecule has 0 aliphatic heterocycles. The Morgan fingerprint density at radius 2 is 1.82 bits per heavy atom. The molecule has 10 nitrogen and oxygen atoms in total. The minimum atomic E-state index is -4.03. The van der Waals surface area contributed by atoms with Crippen molar-refractivity contribution in [2.24, 2.45) is 5.73 Å². The molecule has 0 saturated heterocycles. The van der Waals surface area contributed by atoms with Gasteiger partial charge in [0.1, 0.15) is 17.0 Å². The third-order valence-electron chi connectivity index (χ3n) is 6.23. The van der Waals surface area contributed by atoms with Crippen LogP contribution in [0.1, 0.15) is 25.7 Å². The highest BCUT2D eigenvalue weighted by Crippen LogP contribution is 2.34. The van der Waals surface area contributed by atoms with Gasteiger partial charge < -0.3 is 15.8 Å². The summed E-state index contributed by atoms with van der Waals surface area (Å²) in [6, 6.07) is 11.7. The maximum Gasteiger partial charge on any atom is 0.263 e. The molecule has 2 aromatic heterocycles. The lowest BCUT2D eigenvalue weighted by Gasteiger charge is -2.26. The third kappa shape index (κ3) is 6.41. The lowest BCUT2D eigenvalue weighted by Crippen LogP contribution is -2.33. The van der Waals surface area contributed by atoms with Crippen LogP contribution in [0.2, 0.25) is 5.02 Å². The fourth-order valence-corrected chi connectivity index (χ4v) is 5.79. The molecule has 39 heavy (non-hydrogen) atoms. The molecule has 0 amide bonds. The number of halogens is 2. The zero-order valence-corrected chi connectivity index (χ0v) is 22.2. The van der Waals surface area contributed by atoms with Gasteiger partial charge in [0.15, 0.2) is 17.4 Å². The van der Waals surface area contributed by atoms with E-state index in [1.165, 1.54) is 43.0 Å². The summed E-state index contributed by atoms with van der Waals surface area (Å²) in [5.41, 5.74) is 6.43. The van der Waals surface area contributed by atoms with Crippen LogP contribution in [0.15, 0.2) is 72.1 Å². The Kier molecular flexibility index (Phi) is 7.87. The predicted molar refractivity (Wildman–Crippen MR) is 146 cm³/mol. The second kappa shape index (κ2) is 11.5. The normalized spacial score (nSPS) is 17.4. The molecule has 1 fully saturated rings. The van der Waals surface area contributed by atoms with Gasteiger partial charge in [-0.3, -0.25) is 9.71 Å². The number of pyridine rings is 1. The van der Waals surface area contributed by atoms with Crippen molar-refractivity contribution in [3.05, 3.63) is 78.1 Å². The highest BCUT2D eigenvalue weighted by atomic mass is 35.5. The fraction of sp³-hybridized carbons (Fsp3) is 0.231. The van der Waals surface area contributed by atoms with Crippen LogP contribution in [0.3, 0.4) is 0 Å². The zero-order valence-electron chi connectivity index (χ0n) is 20.6. The number of ether oxygens (including phenoxy) is 1. The largest absolute Gasteiger partial charge is 0.453 e. The van der Waals surface area contributed by atoms with Crippen LogP contribution < -0.4 is 20.5 Å². The predicted octanol–water partition coefficient (Wildman–Crippen LogP) is 5.00. The van der Waals surface area contributed by atoms with E-state index in [1.807, 2.05) is 0 Å². The Balaban J connectivity index is 1.34. The summed E-state index contributed by atoms with van der Waals surface area (Å²) in [4.78, 5) is 17.0. The van der Waals surface area contributed by atoms with Gasteiger partial charge in [0.05, 0.1) is 16.3 Å². The summed E-state index contributed by atoms with van der Waals surface area (Å²) < 4.78 is 48.6. The molecule has 0 bridgehead atoms. The standard InChI is InChI=1S/C26H25ClFN7O3S/c27-20-3-1-2-4-24(20)39(36,37)35-18-9-10-23(21(28)13-18)38-22-11-12-30-14-19(22)25-31-15-32-26(34-25)33-17-7-5-16(29)6-8-17/h1-4,9-17,35H,5-8,29H2,(H,31,32,33,34). The lowest BCUT2D eigenvalue weighted by atomic mass is 9.92. The first kappa shape index (κ1) is 26.7. The van der Waals surface area contributed by atoms with E-state index in [-0.39, 0.29) is 39.2 Å². The van der Waals surface area contributed by atoms with Crippen molar-refractivity contribution in [1.29, 1.82) is 0 Å². The van der Waals surface area contributed by atoms with Gasteiger partial charge in [-0.1, -0.05) is 23.7 Å². The molecule has 5 rings (SSSR count). The molecule has 0 atom stereocenters. The first-order valence-corrected chi connectivity index (χ1v) is 14.0. The van der Waals surface area contributed by atoms with Gasteiger partial charge in [0, 0.05) is 30.5 Å². The monoisotopic (exact) mass is 569 g/mol. The summed E-state index contributed by atoms with van der Waals surface area (Å²) in [7, 11) is -4.03. The second-order valence-electron chi connectivity index (χ2n) is 9.04. The molecule has 2 aromatic carbocycles. The topological polar surface area (TPSA) is 145 Å². The van der Waals surface area contributed by atoms with E-state index < -0.39 is 15.8 Å². The Hall–Kier alpha value is -3.87. The van der Waals surface area contributed by atoms with Gasteiger partial charge in [-0.05, 0) is 56.0 Å². The molecule has 0 radical (unpaired) electrons. The molecule has 1 aliphatic rings. The van der Waals surface area contributed by atoms with Crippen LogP contribution in [0, 0.1) is 5.82 Å². The summed E-state index contributed by atoms with van der Waals surface area (Å²) in [5, 5.41) is 3.38. The number of hydrogen-bond acceptors (Lipinski definition) is 9. The fourth-order valence-electron chi connectivity index (χ4n) is 4.22. The van der Waals surface area contributed by atoms with Gasteiger partial charge >= 0.3 is 0 Å². The molecule has 13 heteroatoms. The van der Waals surface area contributed by atoms with Crippen LogP contribution in [-0.2, 0) is 10.0 Å². The molecular weight excluding hydrogens is 545 g/mol. The Bertz CT molecular complexity index is 1580. The van der Waals surface area contributed by atoms with E-state index in [0.717, 1.165) is 31.7 Å². The highest BCUT2D eigenvalue weighted by molar-refractivity contribution is 7.92. The molecule has 1 aliphatic carbocycles. The summed E-state index contributed by atoms with van der Waals surface area (Å²) in [6.45, 7) is 0. The van der Waals surface area contributed by atoms with E-state index in [0.29, 0.717) is 17.3 Å². The van der Waals surface area contributed by atoms with Crippen LogP contribution in [0.5, 0.6) is 11.5 Å². The number of rotatable bonds is 8. The highest BCUT2D eigenvalue weighted by Gasteiger charge is 2.21. The van der Waals surface area contributed by atoms with Crippen molar-refractivity contribution in [3.8, 4) is 22.9 Å². The average molecular weight is 570 g/mol.